The first-order valence-corrected chi connectivity index (χ1v) is 0. The Hall–Kier alpha value is 2.37. The number of hydrogen-bond donors (Lipinski definition) is 0. The minimum atomic E-state index is 0. The summed E-state index contributed by atoms with van der Waals surface area (Å²) in [5, 5.41) is 0. The van der Waals surface area contributed by atoms with Crippen LogP contribution >= 0.6 is 24.8 Å². The molecular formula is H5CdCl2In. The van der Waals surface area contributed by atoms with Crippen molar-refractivity contribution in [3.8, 4) is 0 Å². The Kier molecular flexibility index (Phi) is 149. The van der Waals surface area contributed by atoms with Crippen LogP contribution in [-0.4, -0.2) is 25.8 Å². The molecule has 0 nitrogen and oxygen atoms in total. The van der Waals surface area contributed by atoms with Crippen LogP contribution < -0.4 is 0 Å². The molecule has 0 unspecified atom stereocenters. The molecule has 24 valence electrons. The molecule has 0 aliphatic carbocycles. The van der Waals surface area contributed by atoms with Gasteiger partial charge < -0.3 is 0 Å². The summed E-state index contributed by atoms with van der Waals surface area (Å²) in [5.74, 6) is 0. The molecule has 0 aliphatic rings. The first kappa shape index (κ1) is 32.7. The third-order valence-electron chi connectivity index (χ3n) is 0. The van der Waals surface area contributed by atoms with Gasteiger partial charge in [-0.25, -0.2) is 0 Å². The van der Waals surface area contributed by atoms with E-state index in [0.717, 1.165) is 0 Å². The Balaban J connectivity index is 0. The summed E-state index contributed by atoms with van der Waals surface area (Å²) in [7, 11) is 0. The number of rotatable bonds is 0. The summed E-state index contributed by atoms with van der Waals surface area (Å²) in [6.45, 7) is 0. The summed E-state index contributed by atoms with van der Waals surface area (Å²) in [6, 6.07) is 0. The van der Waals surface area contributed by atoms with E-state index in [9.17, 15) is 0 Å². The van der Waals surface area contributed by atoms with Gasteiger partial charge >= 0.3 is 25.8 Å². The maximum atomic E-state index is 0. The van der Waals surface area contributed by atoms with Gasteiger partial charge in [-0.2, -0.15) is 0 Å². The van der Waals surface area contributed by atoms with Crippen LogP contribution in [0.2, 0.25) is 0 Å². The van der Waals surface area contributed by atoms with E-state index in [1.807, 2.05) is 0 Å². The van der Waals surface area contributed by atoms with Crippen molar-refractivity contribution < 1.29 is 27.3 Å². The van der Waals surface area contributed by atoms with Crippen LogP contribution in [0.15, 0.2) is 0 Å². The molecule has 0 radical (unpaired) electrons. The van der Waals surface area contributed by atoms with Crippen LogP contribution in [0.5, 0.6) is 0 Å². The summed E-state index contributed by atoms with van der Waals surface area (Å²) in [6.07, 6.45) is 0. The molecule has 0 atom stereocenters. The van der Waals surface area contributed by atoms with Crippen LogP contribution in [0.3, 0.4) is 0 Å². The first-order chi connectivity index (χ1) is 0. The molecular weight excluding hydrogens is 298 g/mol. The van der Waals surface area contributed by atoms with Crippen LogP contribution in [0.1, 0.15) is 0 Å². The predicted octanol–water partition coefficient (Wildman–Crippen LogP) is -0.343. The zero-order chi connectivity index (χ0) is 0. The third kappa shape index (κ3) is 8.84. The van der Waals surface area contributed by atoms with Gasteiger partial charge in [-0.15, -0.1) is 24.8 Å². The molecule has 0 aliphatic heterocycles. The summed E-state index contributed by atoms with van der Waals surface area (Å²) >= 11 is 0. The van der Waals surface area contributed by atoms with Crippen molar-refractivity contribution in [2.24, 2.45) is 0 Å². The normalized spacial score (nSPS) is 0. The van der Waals surface area contributed by atoms with E-state index in [1.54, 1.807) is 0 Å². The van der Waals surface area contributed by atoms with E-state index >= 15 is 0 Å². The molecule has 0 bridgehead atoms. The molecule has 0 aromatic heterocycles. The zero-order valence-corrected chi connectivity index (χ0v) is 7.19. The van der Waals surface area contributed by atoms with Crippen LogP contribution in [0, 0.1) is 0 Å². The molecule has 0 spiro atoms. The molecule has 4 heavy (non-hydrogen) atoms. The van der Waals surface area contributed by atoms with Crippen molar-refractivity contribution >= 4 is 50.7 Å². The molecule has 0 heterocycles. The van der Waals surface area contributed by atoms with Gasteiger partial charge in [-0.3, -0.25) is 0 Å². The third-order valence-corrected chi connectivity index (χ3v) is 0. The minimum absolute atomic E-state index is 0. The number of halogens is 2. The van der Waals surface area contributed by atoms with E-state index in [-0.39, 0.29) is 78.0 Å². The molecule has 4 heteroatoms. The fraction of sp³-hybridized carbons (Fsp3) is 0. The van der Waals surface area contributed by atoms with Crippen molar-refractivity contribution in [3.63, 3.8) is 0 Å². The van der Waals surface area contributed by atoms with Gasteiger partial charge in [-0.1, -0.05) is 0 Å². The second kappa shape index (κ2) is 18.2. The quantitative estimate of drug-likeness (QED) is 0.537. The second-order valence-corrected chi connectivity index (χ2v) is 0. The van der Waals surface area contributed by atoms with Gasteiger partial charge in [0.1, 0.15) is 0 Å². The van der Waals surface area contributed by atoms with E-state index in [0.29, 0.717) is 0 Å². The molecule has 0 rings (SSSR count). The summed E-state index contributed by atoms with van der Waals surface area (Å²) in [4.78, 5) is 0. The van der Waals surface area contributed by atoms with Crippen molar-refractivity contribution in [2.75, 3.05) is 0 Å². The Morgan fingerprint density at radius 2 is 0.750 bits per heavy atom. The van der Waals surface area contributed by atoms with Crippen molar-refractivity contribution in [1.29, 1.82) is 0 Å². The second-order valence-electron chi connectivity index (χ2n) is 0. The van der Waals surface area contributed by atoms with Gasteiger partial charge in [0.2, 0.25) is 0 Å². The van der Waals surface area contributed by atoms with Gasteiger partial charge in [0.05, 0.1) is 0 Å². The van der Waals surface area contributed by atoms with Gasteiger partial charge in [0.25, 0.3) is 0 Å². The first-order valence-electron chi connectivity index (χ1n) is 0. The standard InChI is InChI=1S/Cd.2ClH.In.3H/h;2*1H;;;;. The fourth-order valence-electron chi connectivity index (χ4n) is 0. The van der Waals surface area contributed by atoms with E-state index < -0.39 is 0 Å². The zero-order valence-electron chi connectivity index (χ0n) is 1.52. The predicted molar refractivity (Wildman–Crippen MR) is 24.4 cm³/mol. The average Bonchev–Trinajstić information content (AvgIpc) is 0. The van der Waals surface area contributed by atoms with Gasteiger partial charge in [0, 0.05) is 27.3 Å². The fourth-order valence-corrected chi connectivity index (χ4v) is 0. The van der Waals surface area contributed by atoms with Crippen LogP contribution in [-0.2, 0) is 27.3 Å². The molecule has 0 N–H and O–H groups in total. The molecule has 0 amide bonds. The van der Waals surface area contributed by atoms with Crippen LogP contribution in [0.25, 0.3) is 0 Å². The van der Waals surface area contributed by atoms with E-state index in [2.05, 4.69) is 0 Å². The SMILES string of the molecule is Cl.Cl.[Cd].[InH3]. The topological polar surface area (TPSA) is 0 Å². The molecule has 0 saturated carbocycles. The van der Waals surface area contributed by atoms with Crippen molar-refractivity contribution in [1.82, 2.24) is 0 Å². The van der Waals surface area contributed by atoms with Crippen molar-refractivity contribution in [3.05, 3.63) is 0 Å². The van der Waals surface area contributed by atoms with Gasteiger partial charge in [-0.05, 0) is 0 Å². The molecule has 0 aromatic rings. The molecule has 0 aromatic carbocycles. The summed E-state index contributed by atoms with van der Waals surface area (Å²) < 4.78 is 0. The average molecular weight is 303 g/mol. The Morgan fingerprint density at radius 3 is 0.750 bits per heavy atom. The van der Waals surface area contributed by atoms with E-state index in [4.69, 9.17) is 0 Å². The van der Waals surface area contributed by atoms with Crippen LogP contribution in [0.4, 0.5) is 0 Å². The van der Waals surface area contributed by atoms with E-state index in [1.165, 1.54) is 0 Å². The monoisotopic (exact) mass is 304 g/mol. The molecule has 0 fully saturated rings. The Labute approximate surface area is 76.9 Å². The van der Waals surface area contributed by atoms with Crippen molar-refractivity contribution in [2.45, 2.75) is 0 Å². The Morgan fingerprint density at radius 1 is 0.750 bits per heavy atom. The summed E-state index contributed by atoms with van der Waals surface area (Å²) in [5.41, 5.74) is 0. The number of hydrogen-bond acceptors (Lipinski definition) is 0. The van der Waals surface area contributed by atoms with Gasteiger partial charge in [0.15, 0.2) is 0 Å². The molecule has 0 saturated heterocycles. The Bertz CT molecular complexity index is 6.00. The maximum absolute atomic E-state index is 0.